The number of methoxy groups -OCH3 is 1. The van der Waals surface area contributed by atoms with E-state index in [4.69, 9.17) is 4.74 Å². The molecule has 0 spiro atoms. The monoisotopic (exact) mass is 367 g/mol. The van der Waals surface area contributed by atoms with Crippen LogP contribution in [0.4, 0.5) is 11.6 Å². The number of carbonyl (C=O) groups excluding carboxylic acids is 2. The van der Waals surface area contributed by atoms with Crippen LogP contribution in [0.2, 0.25) is 0 Å². The van der Waals surface area contributed by atoms with E-state index in [0.29, 0.717) is 30.5 Å². The lowest BCUT2D eigenvalue weighted by Gasteiger charge is -2.36. The summed E-state index contributed by atoms with van der Waals surface area (Å²) in [4.78, 5) is 39.4. The first-order valence-corrected chi connectivity index (χ1v) is 8.94. The number of rotatable bonds is 4. The fourth-order valence-electron chi connectivity index (χ4n) is 3.59. The maximum atomic E-state index is 12.9. The van der Waals surface area contributed by atoms with E-state index in [1.54, 1.807) is 49.8 Å². The Morgan fingerprint density at radius 1 is 1.00 bits per heavy atom. The first-order valence-electron chi connectivity index (χ1n) is 8.94. The topological polar surface area (TPSA) is 78.9 Å². The molecule has 2 fully saturated rings. The molecule has 2 aliphatic heterocycles. The van der Waals surface area contributed by atoms with Gasteiger partial charge in [-0.3, -0.25) is 14.5 Å². The van der Waals surface area contributed by atoms with Crippen LogP contribution in [0.3, 0.4) is 0 Å². The van der Waals surface area contributed by atoms with E-state index in [0.717, 1.165) is 13.1 Å². The third kappa shape index (κ3) is 3.35. The van der Waals surface area contributed by atoms with Crippen LogP contribution >= 0.6 is 0 Å². The number of hydrogen-bond acceptors (Lipinski definition) is 7. The molecule has 0 saturated carbocycles. The van der Waals surface area contributed by atoms with Crippen molar-refractivity contribution >= 4 is 23.5 Å². The normalized spacial score (nSPS) is 21.0. The summed E-state index contributed by atoms with van der Waals surface area (Å²) in [5.74, 6) is 1.07. The molecule has 0 unspecified atom stereocenters. The van der Waals surface area contributed by atoms with Gasteiger partial charge >= 0.3 is 0 Å². The van der Waals surface area contributed by atoms with E-state index in [9.17, 15) is 9.59 Å². The second kappa shape index (κ2) is 7.32. The Bertz CT molecular complexity index is 819. The molecule has 2 aromatic rings. The Labute approximate surface area is 157 Å². The molecule has 1 atom stereocenters. The van der Waals surface area contributed by atoms with Crippen molar-refractivity contribution in [1.29, 1.82) is 0 Å². The van der Waals surface area contributed by atoms with Crippen LogP contribution in [-0.4, -0.2) is 66.0 Å². The number of benzene rings is 1. The average molecular weight is 367 g/mol. The number of anilines is 2. The summed E-state index contributed by atoms with van der Waals surface area (Å²) < 4.78 is 5.14. The van der Waals surface area contributed by atoms with E-state index in [2.05, 4.69) is 19.8 Å². The van der Waals surface area contributed by atoms with Gasteiger partial charge in [0, 0.05) is 38.6 Å². The van der Waals surface area contributed by atoms with Gasteiger partial charge in [-0.15, -0.1) is 0 Å². The minimum Gasteiger partial charge on any atom is -0.497 e. The molecule has 1 aromatic carbocycles. The molecule has 4 rings (SSSR count). The van der Waals surface area contributed by atoms with Crippen LogP contribution in [0.5, 0.6) is 5.75 Å². The van der Waals surface area contributed by atoms with E-state index in [1.165, 1.54) is 4.90 Å². The minimum atomic E-state index is -0.404. The van der Waals surface area contributed by atoms with Crippen molar-refractivity contribution in [3.63, 3.8) is 0 Å². The van der Waals surface area contributed by atoms with Gasteiger partial charge in [-0.25, -0.2) is 14.9 Å². The maximum absolute atomic E-state index is 12.9. The zero-order valence-corrected chi connectivity index (χ0v) is 15.1. The standard InChI is InChI=1S/C19H21N5O3/c1-27-15-5-3-14(4-6-15)24-17(25)13-16(18(24)26)22-9-11-23(12-10-22)19-20-7-2-8-21-19/h2-8,16H,9-13H2,1H3/t16-/m0/s1. The van der Waals surface area contributed by atoms with Gasteiger partial charge in [0.05, 0.1) is 25.3 Å². The first-order chi connectivity index (χ1) is 13.2. The summed E-state index contributed by atoms with van der Waals surface area (Å²) in [6.07, 6.45) is 3.66. The van der Waals surface area contributed by atoms with Crippen LogP contribution in [0.15, 0.2) is 42.7 Å². The number of carbonyl (C=O) groups is 2. The molecular weight excluding hydrogens is 346 g/mol. The van der Waals surface area contributed by atoms with E-state index in [1.807, 2.05) is 0 Å². The fraction of sp³-hybridized carbons (Fsp3) is 0.368. The van der Waals surface area contributed by atoms with E-state index < -0.39 is 6.04 Å². The number of nitrogens with zero attached hydrogens (tertiary/aromatic N) is 5. The zero-order chi connectivity index (χ0) is 18.8. The number of hydrogen-bond donors (Lipinski definition) is 0. The van der Waals surface area contributed by atoms with E-state index in [-0.39, 0.29) is 18.2 Å². The van der Waals surface area contributed by atoms with Crippen LogP contribution in [0.1, 0.15) is 6.42 Å². The number of aromatic nitrogens is 2. The molecular formula is C19H21N5O3. The molecule has 8 heteroatoms. The second-order valence-electron chi connectivity index (χ2n) is 6.56. The van der Waals surface area contributed by atoms with Gasteiger partial charge in [0.2, 0.25) is 11.9 Å². The highest BCUT2D eigenvalue weighted by atomic mass is 16.5. The smallest absolute Gasteiger partial charge is 0.251 e. The molecule has 2 aliphatic rings. The number of piperazine rings is 1. The summed E-state index contributed by atoms with van der Waals surface area (Å²) in [5.41, 5.74) is 0.588. The Kier molecular flexibility index (Phi) is 4.72. The average Bonchev–Trinajstić information content (AvgIpc) is 3.03. The highest BCUT2D eigenvalue weighted by Crippen LogP contribution is 2.28. The highest BCUT2D eigenvalue weighted by molar-refractivity contribution is 6.22. The Morgan fingerprint density at radius 2 is 1.67 bits per heavy atom. The summed E-state index contributed by atoms with van der Waals surface area (Å²) in [6, 6.07) is 8.36. The Balaban J connectivity index is 1.43. The lowest BCUT2D eigenvalue weighted by Crippen LogP contribution is -2.53. The molecule has 2 amide bonds. The lowest BCUT2D eigenvalue weighted by molar-refractivity contribution is -0.123. The van der Waals surface area contributed by atoms with Gasteiger partial charge in [-0.05, 0) is 30.3 Å². The molecule has 2 saturated heterocycles. The summed E-state index contributed by atoms with van der Waals surface area (Å²) in [5, 5.41) is 0. The maximum Gasteiger partial charge on any atom is 0.251 e. The number of amides is 2. The summed E-state index contributed by atoms with van der Waals surface area (Å²) >= 11 is 0. The number of ether oxygens (including phenoxy) is 1. The molecule has 0 N–H and O–H groups in total. The van der Waals surface area contributed by atoms with Gasteiger partial charge in [-0.1, -0.05) is 0 Å². The predicted octanol–water partition coefficient (Wildman–Crippen LogP) is 0.939. The lowest BCUT2D eigenvalue weighted by atomic mass is 10.2. The van der Waals surface area contributed by atoms with Gasteiger partial charge in [0.25, 0.3) is 5.91 Å². The molecule has 27 heavy (non-hydrogen) atoms. The third-order valence-electron chi connectivity index (χ3n) is 5.04. The minimum absolute atomic E-state index is 0.158. The predicted molar refractivity (Wildman–Crippen MR) is 99.7 cm³/mol. The summed E-state index contributed by atoms with van der Waals surface area (Å²) in [7, 11) is 1.58. The molecule has 0 radical (unpaired) electrons. The van der Waals surface area contributed by atoms with Crippen LogP contribution in [-0.2, 0) is 9.59 Å². The van der Waals surface area contributed by atoms with Crippen molar-refractivity contribution < 1.29 is 14.3 Å². The van der Waals surface area contributed by atoms with Crippen LogP contribution < -0.4 is 14.5 Å². The quantitative estimate of drug-likeness (QED) is 0.744. The van der Waals surface area contributed by atoms with Crippen molar-refractivity contribution in [2.45, 2.75) is 12.5 Å². The Morgan fingerprint density at radius 3 is 2.30 bits per heavy atom. The third-order valence-corrected chi connectivity index (χ3v) is 5.04. The van der Waals surface area contributed by atoms with Gasteiger partial charge in [0.1, 0.15) is 5.75 Å². The SMILES string of the molecule is COc1ccc(N2C(=O)C[C@H](N3CCN(c4ncccn4)CC3)C2=O)cc1. The number of imide groups is 1. The molecule has 1 aromatic heterocycles. The zero-order valence-electron chi connectivity index (χ0n) is 15.1. The fourth-order valence-corrected chi connectivity index (χ4v) is 3.59. The first kappa shape index (κ1) is 17.4. The van der Waals surface area contributed by atoms with Gasteiger partial charge in [0.15, 0.2) is 0 Å². The Hall–Kier alpha value is -3.00. The van der Waals surface area contributed by atoms with Crippen LogP contribution in [0.25, 0.3) is 0 Å². The largest absolute Gasteiger partial charge is 0.497 e. The van der Waals surface area contributed by atoms with Crippen molar-refractivity contribution in [2.24, 2.45) is 0 Å². The van der Waals surface area contributed by atoms with Crippen molar-refractivity contribution in [3.05, 3.63) is 42.7 Å². The van der Waals surface area contributed by atoms with Crippen molar-refractivity contribution in [1.82, 2.24) is 14.9 Å². The molecule has 8 nitrogen and oxygen atoms in total. The molecule has 0 bridgehead atoms. The van der Waals surface area contributed by atoms with Crippen molar-refractivity contribution in [2.75, 3.05) is 43.1 Å². The summed E-state index contributed by atoms with van der Waals surface area (Å²) in [6.45, 7) is 2.84. The van der Waals surface area contributed by atoms with E-state index >= 15 is 0 Å². The highest BCUT2D eigenvalue weighted by Gasteiger charge is 2.43. The van der Waals surface area contributed by atoms with Crippen LogP contribution in [0, 0.1) is 0 Å². The van der Waals surface area contributed by atoms with Gasteiger partial charge in [-0.2, -0.15) is 0 Å². The second-order valence-corrected chi connectivity index (χ2v) is 6.56. The van der Waals surface area contributed by atoms with Gasteiger partial charge < -0.3 is 9.64 Å². The molecule has 140 valence electrons. The van der Waals surface area contributed by atoms with Crippen molar-refractivity contribution in [3.8, 4) is 5.75 Å². The molecule has 0 aliphatic carbocycles. The molecule has 3 heterocycles.